The summed E-state index contributed by atoms with van der Waals surface area (Å²) in [4.78, 5) is 15.1. The van der Waals surface area contributed by atoms with Crippen LogP contribution in [0, 0.1) is 18.2 Å². The van der Waals surface area contributed by atoms with Crippen molar-refractivity contribution in [2.45, 2.75) is 37.0 Å². The van der Waals surface area contributed by atoms with Crippen LogP contribution in [0.2, 0.25) is 0 Å². The fraction of sp³-hybridized carbons (Fsp3) is 0.500. The minimum Gasteiger partial charge on any atom is -0.391 e. The van der Waals surface area contributed by atoms with Gasteiger partial charge in [0.15, 0.2) is 23.4 Å². The van der Waals surface area contributed by atoms with Crippen LogP contribution >= 0.6 is 0 Å². The molecule has 1 aromatic rings. The van der Waals surface area contributed by atoms with Crippen molar-refractivity contribution in [2.75, 3.05) is 5.73 Å². The minimum absolute atomic E-state index is 0.579. The van der Waals surface area contributed by atoms with Gasteiger partial charge in [0.05, 0.1) is 12.3 Å². The van der Waals surface area contributed by atoms with Crippen molar-refractivity contribution in [3.05, 3.63) is 22.5 Å². The van der Waals surface area contributed by atoms with Crippen LogP contribution in [-0.2, 0) is 4.74 Å². The first-order valence-electron chi connectivity index (χ1n) is 6.04. The van der Waals surface area contributed by atoms with E-state index in [0.717, 1.165) is 6.20 Å². The summed E-state index contributed by atoms with van der Waals surface area (Å²) in [6.45, 7) is 1.36. The second-order valence-corrected chi connectivity index (χ2v) is 4.88. The van der Waals surface area contributed by atoms with Crippen LogP contribution in [-0.4, -0.2) is 43.6 Å². The lowest BCUT2D eigenvalue weighted by molar-refractivity contribution is -0.0780. The van der Waals surface area contributed by atoms with E-state index in [1.165, 1.54) is 6.92 Å². The van der Waals surface area contributed by atoms with Gasteiger partial charge >= 0.3 is 5.69 Å². The zero-order chi connectivity index (χ0) is 15.9. The number of nitrogens with zero attached hydrogens (tertiary/aromatic N) is 2. The van der Waals surface area contributed by atoms with E-state index in [1.807, 2.05) is 0 Å². The number of aliphatic hydroxyl groups excluding tert-OH is 2. The van der Waals surface area contributed by atoms with Crippen molar-refractivity contribution in [2.24, 2.45) is 5.73 Å². The highest BCUT2D eigenvalue weighted by molar-refractivity contribution is 5.28. The van der Waals surface area contributed by atoms with Crippen LogP contribution in [0.25, 0.3) is 0 Å². The Hall–Kier alpha value is -1.99. The number of hydrogen-bond acceptors (Lipinski definition) is 7. The van der Waals surface area contributed by atoms with E-state index in [-0.39, 0.29) is 0 Å². The summed E-state index contributed by atoms with van der Waals surface area (Å²) in [5.41, 5.74) is 8.31. The molecule has 9 heteroatoms. The number of nitrogens with two attached hydrogens (primary N) is 2. The molecule has 2 heterocycles. The molecule has 114 valence electrons. The monoisotopic (exact) mass is 298 g/mol. The molecule has 1 unspecified atom stereocenters. The predicted octanol–water partition coefficient (Wildman–Crippen LogP) is -2.07. The maximum Gasteiger partial charge on any atom is 0.351 e. The van der Waals surface area contributed by atoms with Gasteiger partial charge in [0.1, 0.15) is 12.2 Å². The summed E-state index contributed by atoms with van der Waals surface area (Å²) in [6, 6.07) is 0. The first-order chi connectivity index (χ1) is 9.72. The van der Waals surface area contributed by atoms with Gasteiger partial charge in [0, 0.05) is 0 Å². The van der Waals surface area contributed by atoms with Gasteiger partial charge in [-0.25, -0.2) is 9.18 Å². The van der Waals surface area contributed by atoms with E-state index in [2.05, 4.69) is 10.9 Å². The van der Waals surface area contributed by atoms with Crippen molar-refractivity contribution < 1.29 is 19.3 Å². The number of hydrogen-bond donors (Lipinski definition) is 4. The second-order valence-electron chi connectivity index (χ2n) is 4.88. The van der Waals surface area contributed by atoms with Crippen molar-refractivity contribution in [3.63, 3.8) is 0 Å². The third kappa shape index (κ3) is 2.28. The Bertz CT molecular complexity index is 656. The van der Waals surface area contributed by atoms with Gasteiger partial charge in [-0.15, -0.1) is 6.42 Å². The molecule has 0 radical (unpaired) electrons. The molecule has 0 aromatic carbocycles. The van der Waals surface area contributed by atoms with E-state index >= 15 is 0 Å². The normalized spacial score (nSPS) is 33.6. The third-order valence-corrected chi connectivity index (χ3v) is 3.41. The van der Waals surface area contributed by atoms with Crippen molar-refractivity contribution in [1.82, 2.24) is 9.55 Å². The molecular weight excluding hydrogens is 283 g/mol. The van der Waals surface area contributed by atoms with E-state index < -0.39 is 47.4 Å². The molecule has 1 saturated heterocycles. The minimum atomic E-state index is -1.84. The van der Waals surface area contributed by atoms with Crippen LogP contribution in [0.5, 0.6) is 0 Å². The van der Waals surface area contributed by atoms with Gasteiger partial charge in [0.25, 0.3) is 0 Å². The van der Waals surface area contributed by atoms with Gasteiger partial charge in [-0.3, -0.25) is 4.57 Å². The van der Waals surface area contributed by atoms with Crippen molar-refractivity contribution in [1.29, 1.82) is 0 Å². The molecule has 0 spiro atoms. The highest BCUT2D eigenvalue weighted by Crippen LogP contribution is 2.37. The lowest BCUT2D eigenvalue weighted by atomic mass is 9.90. The average Bonchev–Trinajstić information content (AvgIpc) is 2.68. The standard InChI is InChI=1S/C12H15FN4O4/c1-3-12(15)8(19)7(5(2)18)21-10(12)17-4-6(13)9(14)16-11(17)20/h1,4-5,7-8,10,18-19H,15H2,2H3,(H2,14,16,20)/t5-,7-,8+,10-,12?/m1/s1. The fourth-order valence-corrected chi connectivity index (χ4v) is 2.21. The van der Waals surface area contributed by atoms with Gasteiger partial charge in [-0.1, -0.05) is 5.92 Å². The van der Waals surface area contributed by atoms with Crippen LogP contribution in [0.1, 0.15) is 13.2 Å². The highest BCUT2D eigenvalue weighted by atomic mass is 19.1. The van der Waals surface area contributed by atoms with E-state index in [0.29, 0.717) is 4.57 Å². The highest BCUT2D eigenvalue weighted by Gasteiger charge is 2.55. The summed E-state index contributed by atoms with van der Waals surface area (Å²) in [5, 5.41) is 19.7. The first-order valence-corrected chi connectivity index (χ1v) is 6.04. The van der Waals surface area contributed by atoms with Crippen LogP contribution in [0.3, 0.4) is 0 Å². The number of anilines is 1. The van der Waals surface area contributed by atoms with Crippen molar-refractivity contribution >= 4 is 5.82 Å². The molecule has 6 N–H and O–H groups in total. The first kappa shape index (κ1) is 15.4. The summed E-state index contributed by atoms with van der Waals surface area (Å²) < 4.78 is 19.6. The number of ether oxygens (including phenoxy) is 1. The maximum absolute atomic E-state index is 13.5. The quantitative estimate of drug-likeness (QED) is 0.460. The van der Waals surface area contributed by atoms with E-state index in [1.54, 1.807) is 0 Å². The zero-order valence-corrected chi connectivity index (χ0v) is 11.1. The van der Waals surface area contributed by atoms with Crippen LogP contribution in [0.15, 0.2) is 11.0 Å². The molecule has 0 saturated carbocycles. The van der Waals surface area contributed by atoms with Gasteiger partial charge in [0.2, 0.25) is 0 Å². The summed E-state index contributed by atoms with van der Waals surface area (Å²) in [6.07, 6.45) is 0.959. The Morgan fingerprint density at radius 3 is 2.86 bits per heavy atom. The molecular formula is C12H15FN4O4. The predicted molar refractivity (Wildman–Crippen MR) is 70.2 cm³/mol. The van der Waals surface area contributed by atoms with E-state index in [9.17, 15) is 19.4 Å². The largest absolute Gasteiger partial charge is 0.391 e. The Labute approximate surface area is 119 Å². The fourth-order valence-electron chi connectivity index (χ4n) is 2.21. The molecule has 2 rings (SSSR count). The molecule has 8 nitrogen and oxygen atoms in total. The molecule has 1 aromatic heterocycles. The molecule has 0 amide bonds. The van der Waals surface area contributed by atoms with Gasteiger partial charge in [-0.2, -0.15) is 4.98 Å². The summed E-state index contributed by atoms with van der Waals surface area (Å²) in [7, 11) is 0. The zero-order valence-electron chi connectivity index (χ0n) is 11.1. The Kier molecular flexibility index (Phi) is 3.73. The average molecular weight is 298 g/mol. The molecule has 1 fully saturated rings. The Morgan fingerprint density at radius 2 is 2.33 bits per heavy atom. The summed E-state index contributed by atoms with van der Waals surface area (Å²) in [5.74, 6) is 0.592. The number of aromatic nitrogens is 2. The number of halogens is 1. The number of nitrogen functional groups attached to an aromatic ring is 1. The maximum atomic E-state index is 13.5. The van der Waals surface area contributed by atoms with Crippen LogP contribution < -0.4 is 17.2 Å². The molecule has 1 aliphatic rings. The molecule has 0 bridgehead atoms. The Balaban J connectivity index is 2.56. The topological polar surface area (TPSA) is 137 Å². The number of terminal acetylenes is 1. The van der Waals surface area contributed by atoms with Gasteiger partial charge in [-0.05, 0) is 6.92 Å². The molecule has 1 aliphatic heterocycles. The SMILES string of the molecule is C#CC1(N)[C@@H](O)[C@@H]([C@@H](C)O)O[C@H]1n1cc(F)c(N)nc1=O. The lowest BCUT2D eigenvalue weighted by Crippen LogP contribution is -2.55. The molecule has 21 heavy (non-hydrogen) atoms. The number of rotatable bonds is 2. The molecule has 0 aliphatic carbocycles. The lowest BCUT2D eigenvalue weighted by Gasteiger charge is -2.27. The Morgan fingerprint density at radius 1 is 1.71 bits per heavy atom. The number of aliphatic hydroxyl groups is 2. The second kappa shape index (κ2) is 5.09. The van der Waals surface area contributed by atoms with Gasteiger partial charge < -0.3 is 26.4 Å². The van der Waals surface area contributed by atoms with Crippen molar-refractivity contribution in [3.8, 4) is 12.3 Å². The van der Waals surface area contributed by atoms with E-state index in [4.69, 9.17) is 22.6 Å². The molecule has 5 atom stereocenters. The smallest absolute Gasteiger partial charge is 0.351 e. The summed E-state index contributed by atoms with van der Waals surface area (Å²) >= 11 is 0. The third-order valence-electron chi connectivity index (χ3n) is 3.41. The van der Waals surface area contributed by atoms with Crippen LogP contribution in [0.4, 0.5) is 10.2 Å².